The average molecular weight is 989 g/mol. The number of phenolic OH excluding ortho intramolecular Hbond substituents is 2. The molecule has 3 amide bonds. The van der Waals surface area contributed by atoms with Crippen molar-refractivity contribution in [1.29, 1.82) is 0 Å². The van der Waals surface area contributed by atoms with Gasteiger partial charge in [-0.05, 0) is 147 Å². The Morgan fingerprint density at radius 2 is 1.22 bits per heavy atom. The van der Waals surface area contributed by atoms with Gasteiger partial charge in [-0.2, -0.15) is 0 Å². The van der Waals surface area contributed by atoms with E-state index < -0.39 is 40.5 Å². The number of hydrogen-bond donors (Lipinski definition) is 4. The number of esters is 2. The standard InChI is InChI=1S/C27H33N3O6.C27H31N3O6/c2*1-5-35-25(33)20-13-19-18(16-9-8-12-30(15-16)26(34)36-27(2,3)4)14-21(28-23(19)29-24(20)32)17-10-6-7-11-22(17)31/h6-7,10-11,14,16,20,31H,5,8-9,12-13,15H2,1-4H3,(H,28,29,32);6-7,10-11,13-14,16,31H,5,8-9,12,15H2,1-4H3,(H,28,29,32). The van der Waals surface area contributed by atoms with Gasteiger partial charge in [-0.25, -0.2) is 24.4 Å². The second-order valence-electron chi connectivity index (χ2n) is 20.1. The second kappa shape index (κ2) is 21.9. The topological polar surface area (TPSA) is 240 Å². The number of aromatic nitrogens is 3. The molecule has 6 heterocycles. The van der Waals surface area contributed by atoms with Gasteiger partial charge in [0.1, 0.15) is 45.6 Å². The number of ether oxygens (including phenoxy) is 4. The van der Waals surface area contributed by atoms with Crippen LogP contribution in [0.25, 0.3) is 33.5 Å². The zero-order chi connectivity index (χ0) is 52.1. The van der Waals surface area contributed by atoms with Gasteiger partial charge in [0.15, 0.2) is 0 Å². The fourth-order valence-electron chi connectivity index (χ4n) is 9.22. The molecule has 3 aliphatic heterocycles. The molecule has 0 saturated carbocycles. The van der Waals surface area contributed by atoms with E-state index in [0.29, 0.717) is 59.9 Å². The Hall–Kier alpha value is -7.50. The van der Waals surface area contributed by atoms with Gasteiger partial charge in [0.05, 0.1) is 24.6 Å². The molecular formula is C54H64N6O12. The molecule has 0 spiro atoms. The SMILES string of the molecule is CCOC(=O)C1Cc2c(C3CCCN(C(=O)OC(C)(C)C)C3)cc(-c3ccccc3O)nc2NC1=O.CCOC(=O)c1cc2c(C3CCCN(C(=O)OC(C)(C)C)C3)cc(-c3ccccc3O)nc2[nH]c1=O. The van der Waals surface area contributed by atoms with E-state index in [-0.39, 0.29) is 66.4 Å². The lowest BCUT2D eigenvalue weighted by molar-refractivity contribution is -0.151. The molecule has 72 heavy (non-hydrogen) atoms. The summed E-state index contributed by atoms with van der Waals surface area (Å²) in [5.74, 6) is -2.40. The number of para-hydroxylation sites is 2. The Morgan fingerprint density at radius 3 is 1.75 bits per heavy atom. The monoisotopic (exact) mass is 988 g/mol. The molecule has 3 aromatic heterocycles. The van der Waals surface area contributed by atoms with Crippen LogP contribution >= 0.6 is 0 Å². The maximum Gasteiger partial charge on any atom is 0.410 e. The van der Waals surface area contributed by atoms with Crippen LogP contribution in [0.3, 0.4) is 0 Å². The van der Waals surface area contributed by atoms with Crippen molar-refractivity contribution < 1.29 is 53.1 Å². The van der Waals surface area contributed by atoms with E-state index in [2.05, 4.69) is 20.3 Å². The number of nitrogens with zero attached hydrogens (tertiary/aromatic N) is 4. The summed E-state index contributed by atoms with van der Waals surface area (Å²) in [6.45, 7) is 16.7. The molecule has 18 nitrogen and oxygen atoms in total. The number of carbonyl (C=O) groups is 5. The minimum absolute atomic E-state index is 0.0554. The minimum atomic E-state index is -0.973. The normalized spacial score (nSPS) is 17.9. The maximum atomic E-state index is 12.8. The molecular weight excluding hydrogens is 925 g/mol. The molecule has 0 radical (unpaired) electrons. The van der Waals surface area contributed by atoms with Crippen LogP contribution < -0.4 is 10.9 Å². The molecule has 3 atom stereocenters. The summed E-state index contributed by atoms with van der Waals surface area (Å²) in [4.78, 5) is 91.4. The van der Waals surface area contributed by atoms with Gasteiger partial charge in [-0.3, -0.25) is 14.4 Å². The Morgan fingerprint density at radius 1 is 0.708 bits per heavy atom. The molecule has 4 N–H and O–H groups in total. The van der Waals surface area contributed by atoms with Gasteiger partial charge >= 0.3 is 24.1 Å². The number of H-pyrrole nitrogens is 1. The lowest BCUT2D eigenvalue weighted by atomic mass is 9.82. The number of nitrogens with one attached hydrogen (secondary N) is 2. The molecule has 8 rings (SSSR count). The van der Waals surface area contributed by atoms with Crippen molar-refractivity contribution in [2.75, 3.05) is 44.7 Å². The Balaban J connectivity index is 0.000000211. The molecule has 3 unspecified atom stereocenters. The van der Waals surface area contributed by atoms with Gasteiger partial charge < -0.3 is 49.3 Å². The number of benzene rings is 2. The second-order valence-corrected chi connectivity index (χ2v) is 20.1. The van der Waals surface area contributed by atoms with Crippen molar-refractivity contribution >= 4 is 46.9 Å². The summed E-state index contributed by atoms with van der Waals surface area (Å²) in [6, 6.07) is 18.9. The van der Waals surface area contributed by atoms with Crippen LogP contribution in [0, 0.1) is 5.92 Å². The third kappa shape index (κ3) is 12.3. The number of fused-ring (bicyclic) bond motifs is 2. The molecule has 18 heteroatoms. The number of likely N-dealkylation sites (tertiary alicyclic amines) is 2. The molecule has 2 saturated heterocycles. The summed E-state index contributed by atoms with van der Waals surface area (Å²) in [6.07, 6.45) is 2.54. The number of anilines is 1. The van der Waals surface area contributed by atoms with Crippen molar-refractivity contribution in [1.82, 2.24) is 24.8 Å². The van der Waals surface area contributed by atoms with Gasteiger partial charge in [0.25, 0.3) is 5.56 Å². The number of amides is 3. The third-order valence-electron chi connectivity index (χ3n) is 12.4. The third-order valence-corrected chi connectivity index (χ3v) is 12.4. The molecule has 3 aliphatic rings. The van der Waals surface area contributed by atoms with E-state index in [1.54, 1.807) is 72.2 Å². The first-order valence-corrected chi connectivity index (χ1v) is 24.4. The lowest BCUT2D eigenvalue weighted by Gasteiger charge is -2.36. The van der Waals surface area contributed by atoms with Crippen LogP contribution in [0.1, 0.15) is 120 Å². The predicted molar refractivity (Wildman–Crippen MR) is 269 cm³/mol. The highest BCUT2D eigenvalue weighted by Crippen LogP contribution is 2.41. The van der Waals surface area contributed by atoms with Crippen LogP contribution in [0.5, 0.6) is 11.5 Å². The van der Waals surface area contributed by atoms with Crippen LogP contribution in [0.4, 0.5) is 15.4 Å². The van der Waals surface area contributed by atoms with E-state index in [1.807, 2.05) is 53.7 Å². The highest BCUT2D eigenvalue weighted by Gasteiger charge is 2.38. The summed E-state index contributed by atoms with van der Waals surface area (Å²) < 4.78 is 21.4. The van der Waals surface area contributed by atoms with Crippen LogP contribution in [-0.4, -0.2) is 116 Å². The molecule has 2 fully saturated rings. The van der Waals surface area contributed by atoms with Crippen molar-refractivity contribution in [2.24, 2.45) is 5.92 Å². The molecule has 0 bridgehead atoms. The molecule has 2 aromatic carbocycles. The van der Waals surface area contributed by atoms with Gasteiger partial charge in [-0.15, -0.1) is 0 Å². The van der Waals surface area contributed by atoms with Crippen LogP contribution in [0.2, 0.25) is 0 Å². The van der Waals surface area contributed by atoms with Crippen molar-refractivity contribution in [3.63, 3.8) is 0 Å². The van der Waals surface area contributed by atoms with Gasteiger partial charge in [-0.1, -0.05) is 24.3 Å². The quantitative estimate of drug-likeness (QED) is 0.0645. The first-order valence-electron chi connectivity index (χ1n) is 24.4. The van der Waals surface area contributed by atoms with Crippen molar-refractivity contribution in [2.45, 2.75) is 111 Å². The number of rotatable bonds is 8. The summed E-state index contributed by atoms with van der Waals surface area (Å²) in [5.41, 5.74) is 2.84. The van der Waals surface area contributed by atoms with Crippen molar-refractivity contribution in [3.8, 4) is 34.0 Å². The number of piperidine rings is 2. The van der Waals surface area contributed by atoms with E-state index in [9.17, 15) is 39.0 Å². The predicted octanol–water partition coefficient (Wildman–Crippen LogP) is 8.83. The number of phenols is 2. The van der Waals surface area contributed by atoms with Crippen LogP contribution in [-0.2, 0) is 35.0 Å². The number of hydrogen-bond acceptors (Lipinski definition) is 14. The Bertz CT molecular complexity index is 2920. The number of carbonyl (C=O) groups excluding carboxylic acids is 5. The highest BCUT2D eigenvalue weighted by molar-refractivity contribution is 6.07. The number of aromatic amines is 1. The summed E-state index contributed by atoms with van der Waals surface area (Å²) in [7, 11) is 0. The maximum absolute atomic E-state index is 12.8. The average Bonchev–Trinajstić information content (AvgIpc) is 3.32. The minimum Gasteiger partial charge on any atom is -0.507 e. The van der Waals surface area contributed by atoms with E-state index in [1.165, 1.54) is 6.07 Å². The Kier molecular flexibility index (Phi) is 15.9. The fourth-order valence-corrected chi connectivity index (χ4v) is 9.22. The zero-order valence-electron chi connectivity index (χ0n) is 42.1. The molecule has 0 aliphatic carbocycles. The van der Waals surface area contributed by atoms with E-state index in [4.69, 9.17) is 18.9 Å². The van der Waals surface area contributed by atoms with E-state index >= 15 is 0 Å². The summed E-state index contributed by atoms with van der Waals surface area (Å²) >= 11 is 0. The largest absolute Gasteiger partial charge is 0.507 e. The summed E-state index contributed by atoms with van der Waals surface area (Å²) in [5, 5.41) is 24.3. The van der Waals surface area contributed by atoms with Gasteiger partial charge in [0.2, 0.25) is 5.91 Å². The first-order chi connectivity index (χ1) is 34.1. The smallest absolute Gasteiger partial charge is 0.410 e. The van der Waals surface area contributed by atoms with Gasteiger partial charge in [0, 0.05) is 54.5 Å². The first kappa shape index (κ1) is 52.3. The van der Waals surface area contributed by atoms with E-state index in [0.717, 1.165) is 42.4 Å². The van der Waals surface area contributed by atoms with Crippen molar-refractivity contribution in [3.05, 3.63) is 99.3 Å². The lowest BCUT2D eigenvalue weighted by Crippen LogP contribution is -2.43. The molecule has 382 valence electrons. The zero-order valence-corrected chi connectivity index (χ0v) is 42.1. The highest BCUT2D eigenvalue weighted by atomic mass is 16.6. The number of aromatic hydroxyl groups is 2. The van der Waals surface area contributed by atoms with Crippen LogP contribution in [0.15, 0.2) is 71.5 Å². The fraction of sp³-hybridized carbons (Fsp3) is 0.444. The Labute approximate surface area is 418 Å². The molecule has 5 aromatic rings. The number of pyridine rings is 3.